The first-order valence-electron chi connectivity index (χ1n) is 6.24. The smallest absolute Gasteiger partial charge is 0.155 e. The fourth-order valence-corrected chi connectivity index (χ4v) is 2.83. The number of allylic oxidation sites excluding steroid dienone is 2. The van der Waals surface area contributed by atoms with Crippen molar-refractivity contribution in [2.24, 2.45) is 0 Å². The maximum absolute atomic E-state index is 11.5. The van der Waals surface area contributed by atoms with Crippen molar-refractivity contribution in [3.8, 4) is 5.75 Å². The number of halogens is 1. The summed E-state index contributed by atoms with van der Waals surface area (Å²) in [4.78, 5) is 11.5. The quantitative estimate of drug-likeness (QED) is 0.841. The highest BCUT2D eigenvalue weighted by atomic mass is 79.9. The number of benzene rings is 1. The van der Waals surface area contributed by atoms with E-state index in [9.17, 15) is 4.79 Å². The van der Waals surface area contributed by atoms with Gasteiger partial charge in [0.05, 0.1) is 11.6 Å². The topological polar surface area (TPSA) is 26.3 Å². The Morgan fingerprint density at radius 3 is 2.78 bits per heavy atom. The summed E-state index contributed by atoms with van der Waals surface area (Å²) in [6, 6.07) is 6.08. The Labute approximate surface area is 116 Å². The van der Waals surface area contributed by atoms with Gasteiger partial charge in [-0.1, -0.05) is 11.6 Å². The Kier molecular flexibility index (Phi) is 4.59. The van der Waals surface area contributed by atoms with Crippen LogP contribution in [0.5, 0.6) is 5.75 Å². The number of rotatable bonds is 3. The molecule has 96 valence electrons. The molecule has 1 aromatic carbocycles. The first-order chi connectivity index (χ1) is 8.69. The third-order valence-electron chi connectivity index (χ3n) is 3.18. The molecule has 0 atom stereocenters. The zero-order valence-corrected chi connectivity index (χ0v) is 12.1. The average Bonchev–Trinajstić information content (AvgIpc) is 2.54. The Morgan fingerprint density at radius 1 is 1.28 bits per heavy atom. The lowest BCUT2D eigenvalue weighted by Gasteiger charge is -2.08. The van der Waals surface area contributed by atoms with Crippen LogP contribution < -0.4 is 4.74 Å². The van der Waals surface area contributed by atoms with Crippen LogP contribution in [0.4, 0.5) is 0 Å². The van der Waals surface area contributed by atoms with Gasteiger partial charge in [0, 0.05) is 6.42 Å². The highest BCUT2D eigenvalue weighted by Gasteiger charge is 2.10. The van der Waals surface area contributed by atoms with E-state index in [4.69, 9.17) is 4.74 Å². The van der Waals surface area contributed by atoms with Crippen LogP contribution in [0.25, 0.3) is 0 Å². The molecule has 0 amide bonds. The third-order valence-corrected chi connectivity index (χ3v) is 3.80. The van der Waals surface area contributed by atoms with Gasteiger partial charge in [0.25, 0.3) is 0 Å². The molecule has 2 rings (SSSR count). The van der Waals surface area contributed by atoms with Gasteiger partial charge in [-0.3, -0.25) is 4.79 Å². The van der Waals surface area contributed by atoms with Crippen molar-refractivity contribution in [1.82, 2.24) is 0 Å². The molecule has 0 N–H and O–H groups in total. The Hall–Kier alpha value is -1.09. The number of carbonyl (C=O) groups excluding carboxylic acids is 1. The molecule has 1 aliphatic rings. The Balaban J connectivity index is 2.13. The molecule has 0 saturated carbocycles. The SMILES string of the molecule is COc1ccc(CC2=CC(=O)CCCC2)cc1Br. The number of carbonyl (C=O) groups is 1. The molecule has 1 aromatic rings. The number of hydrogen-bond acceptors (Lipinski definition) is 2. The second-order valence-corrected chi connectivity index (χ2v) is 5.48. The van der Waals surface area contributed by atoms with Crippen molar-refractivity contribution < 1.29 is 9.53 Å². The van der Waals surface area contributed by atoms with Crippen molar-refractivity contribution >= 4 is 21.7 Å². The summed E-state index contributed by atoms with van der Waals surface area (Å²) in [5.74, 6) is 1.11. The normalized spacial score (nSPS) is 16.1. The molecule has 0 spiro atoms. The Bertz CT molecular complexity index is 477. The van der Waals surface area contributed by atoms with Crippen molar-refractivity contribution in [3.63, 3.8) is 0 Å². The minimum atomic E-state index is 0.273. The molecule has 0 radical (unpaired) electrons. The fourth-order valence-electron chi connectivity index (χ4n) is 2.24. The van der Waals surface area contributed by atoms with Gasteiger partial charge in [0.2, 0.25) is 0 Å². The van der Waals surface area contributed by atoms with Crippen LogP contribution >= 0.6 is 15.9 Å². The number of hydrogen-bond donors (Lipinski definition) is 0. The summed E-state index contributed by atoms with van der Waals surface area (Å²) >= 11 is 3.49. The summed E-state index contributed by atoms with van der Waals surface area (Å²) in [6.45, 7) is 0. The van der Waals surface area contributed by atoms with Crippen molar-refractivity contribution in [1.29, 1.82) is 0 Å². The van der Waals surface area contributed by atoms with E-state index < -0.39 is 0 Å². The Morgan fingerprint density at radius 2 is 2.06 bits per heavy atom. The van der Waals surface area contributed by atoms with Gasteiger partial charge in [-0.05, 0) is 65.4 Å². The molecule has 3 heteroatoms. The van der Waals surface area contributed by atoms with E-state index >= 15 is 0 Å². The van der Waals surface area contributed by atoms with Gasteiger partial charge in [-0.2, -0.15) is 0 Å². The number of ketones is 1. The van der Waals surface area contributed by atoms with Gasteiger partial charge in [-0.15, -0.1) is 0 Å². The fraction of sp³-hybridized carbons (Fsp3) is 0.400. The van der Waals surface area contributed by atoms with Gasteiger partial charge in [-0.25, -0.2) is 0 Å². The molecule has 1 aliphatic carbocycles. The lowest BCUT2D eigenvalue weighted by Crippen LogP contribution is -1.94. The highest BCUT2D eigenvalue weighted by Crippen LogP contribution is 2.27. The van der Waals surface area contributed by atoms with E-state index in [2.05, 4.69) is 28.1 Å². The van der Waals surface area contributed by atoms with E-state index in [0.717, 1.165) is 35.9 Å². The predicted molar refractivity (Wildman–Crippen MR) is 76.0 cm³/mol. The van der Waals surface area contributed by atoms with Crippen LogP contribution in [-0.4, -0.2) is 12.9 Å². The molecule has 0 unspecified atom stereocenters. The maximum Gasteiger partial charge on any atom is 0.155 e. The second-order valence-electron chi connectivity index (χ2n) is 4.62. The molecular weight excluding hydrogens is 292 g/mol. The van der Waals surface area contributed by atoms with Crippen LogP contribution in [0, 0.1) is 0 Å². The predicted octanol–water partition coefficient (Wildman–Crippen LogP) is 4.07. The summed E-state index contributed by atoms with van der Waals surface area (Å²) in [5, 5.41) is 0. The summed E-state index contributed by atoms with van der Waals surface area (Å²) < 4.78 is 6.17. The van der Waals surface area contributed by atoms with Gasteiger partial charge in [0.15, 0.2) is 5.78 Å². The molecule has 0 aliphatic heterocycles. The van der Waals surface area contributed by atoms with Crippen LogP contribution in [0.1, 0.15) is 31.2 Å². The molecule has 0 saturated heterocycles. The zero-order valence-electron chi connectivity index (χ0n) is 10.5. The lowest BCUT2D eigenvalue weighted by atomic mass is 10.0. The van der Waals surface area contributed by atoms with E-state index in [-0.39, 0.29) is 5.78 Å². The minimum Gasteiger partial charge on any atom is -0.496 e. The largest absolute Gasteiger partial charge is 0.496 e. The second kappa shape index (κ2) is 6.19. The van der Waals surface area contributed by atoms with Crippen LogP contribution in [-0.2, 0) is 11.2 Å². The van der Waals surface area contributed by atoms with E-state index in [0.29, 0.717) is 6.42 Å². The van der Waals surface area contributed by atoms with Crippen LogP contribution in [0.15, 0.2) is 34.3 Å². The van der Waals surface area contributed by atoms with Crippen LogP contribution in [0.3, 0.4) is 0 Å². The van der Waals surface area contributed by atoms with Gasteiger partial charge < -0.3 is 4.74 Å². The van der Waals surface area contributed by atoms with Crippen LogP contribution in [0.2, 0.25) is 0 Å². The summed E-state index contributed by atoms with van der Waals surface area (Å²) in [5.41, 5.74) is 2.46. The van der Waals surface area contributed by atoms with Crippen molar-refractivity contribution in [3.05, 3.63) is 39.9 Å². The van der Waals surface area contributed by atoms with Crippen molar-refractivity contribution in [2.45, 2.75) is 32.1 Å². The lowest BCUT2D eigenvalue weighted by molar-refractivity contribution is -0.114. The molecule has 0 bridgehead atoms. The molecule has 0 heterocycles. The molecule has 0 fully saturated rings. The number of methoxy groups -OCH3 is 1. The summed E-state index contributed by atoms with van der Waals surface area (Å²) in [6.07, 6.45) is 6.57. The van der Waals surface area contributed by atoms with Crippen molar-refractivity contribution in [2.75, 3.05) is 7.11 Å². The highest BCUT2D eigenvalue weighted by molar-refractivity contribution is 9.10. The number of ether oxygens (including phenoxy) is 1. The maximum atomic E-state index is 11.5. The molecule has 18 heavy (non-hydrogen) atoms. The minimum absolute atomic E-state index is 0.273. The van der Waals surface area contributed by atoms with Gasteiger partial charge >= 0.3 is 0 Å². The van der Waals surface area contributed by atoms with E-state index in [1.165, 1.54) is 11.1 Å². The van der Waals surface area contributed by atoms with Gasteiger partial charge in [0.1, 0.15) is 5.75 Å². The monoisotopic (exact) mass is 308 g/mol. The first-order valence-corrected chi connectivity index (χ1v) is 7.03. The third kappa shape index (κ3) is 3.45. The molecule has 0 aromatic heterocycles. The average molecular weight is 309 g/mol. The standard InChI is InChI=1S/C15H17BrO2/c1-18-15-7-6-12(10-14(15)16)8-11-4-2-3-5-13(17)9-11/h6-7,9-10H,2-5,8H2,1H3. The van der Waals surface area contributed by atoms with E-state index in [1.54, 1.807) is 7.11 Å². The summed E-state index contributed by atoms with van der Waals surface area (Å²) in [7, 11) is 1.66. The molecular formula is C15H17BrO2. The zero-order chi connectivity index (χ0) is 13.0. The van der Waals surface area contributed by atoms with E-state index in [1.807, 2.05) is 12.1 Å². The molecule has 2 nitrogen and oxygen atoms in total. The first kappa shape index (κ1) is 13.3.